The van der Waals surface area contributed by atoms with Crippen LogP contribution >= 0.6 is 0 Å². The molecule has 0 amide bonds. The molecule has 1 saturated heterocycles. The number of piperazine rings is 1. The van der Waals surface area contributed by atoms with Gasteiger partial charge in [0.25, 0.3) is 0 Å². The van der Waals surface area contributed by atoms with E-state index >= 15 is 0 Å². The minimum Gasteiger partial charge on any atom is -0.381 e. The van der Waals surface area contributed by atoms with E-state index in [-0.39, 0.29) is 5.82 Å². The Labute approximate surface area is 137 Å². The highest BCUT2D eigenvalue weighted by Crippen LogP contribution is 2.24. The van der Waals surface area contributed by atoms with E-state index in [2.05, 4.69) is 34.1 Å². The number of hydrogen-bond acceptors (Lipinski definition) is 4. The first kappa shape index (κ1) is 16.1. The molecule has 2 aromatic rings. The summed E-state index contributed by atoms with van der Waals surface area (Å²) >= 11 is 0. The molecule has 124 valence electrons. The number of pyridine rings is 1. The number of fused-ring (bicyclic) bond motifs is 1. The molecule has 2 heterocycles. The maximum absolute atomic E-state index is 13.6. The van der Waals surface area contributed by atoms with Crippen LogP contribution in [0.25, 0.3) is 10.9 Å². The second-order valence-electron chi connectivity index (χ2n) is 6.62. The predicted octanol–water partition coefficient (Wildman–Crippen LogP) is 2.73. The maximum Gasteiger partial charge on any atom is 0.124 e. The summed E-state index contributed by atoms with van der Waals surface area (Å²) < 4.78 is 13.6. The van der Waals surface area contributed by atoms with Gasteiger partial charge in [0, 0.05) is 55.5 Å². The van der Waals surface area contributed by atoms with E-state index in [1.165, 1.54) is 6.07 Å². The van der Waals surface area contributed by atoms with Gasteiger partial charge in [0.1, 0.15) is 5.82 Å². The fraction of sp³-hybridized carbons (Fsp3) is 0.500. The van der Waals surface area contributed by atoms with Gasteiger partial charge in [-0.05, 0) is 45.2 Å². The smallest absolute Gasteiger partial charge is 0.124 e. The van der Waals surface area contributed by atoms with E-state index < -0.39 is 0 Å². The first-order valence-electron chi connectivity index (χ1n) is 8.25. The van der Waals surface area contributed by atoms with Crippen molar-refractivity contribution in [1.82, 2.24) is 14.8 Å². The van der Waals surface area contributed by atoms with Crippen LogP contribution in [0.4, 0.5) is 10.1 Å². The Hall–Kier alpha value is -1.72. The van der Waals surface area contributed by atoms with E-state index in [4.69, 9.17) is 0 Å². The van der Waals surface area contributed by atoms with Crippen molar-refractivity contribution in [3.63, 3.8) is 0 Å². The molecule has 0 aliphatic carbocycles. The van der Waals surface area contributed by atoms with E-state index in [0.29, 0.717) is 6.04 Å². The van der Waals surface area contributed by atoms with Crippen molar-refractivity contribution in [3.05, 3.63) is 35.8 Å². The standard InChI is InChI=1S/C18H25FN4/c1-13-10-18(16-11-15(19)4-5-17(16)20-13)21-14(2)12-23-8-6-22(3)7-9-23/h4-5,10-11,14H,6-9,12H2,1-3H3,(H,20,21). The third-order valence-corrected chi connectivity index (χ3v) is 4.43. The highest BCUT2D eigenvalue weighted by Gasteiger charge is 2.16. The molecule has 1 atom stereocenters. The number of likely N-dealkylation sites (N-methyl/N-ethyl adjacent to an activating group) is 1. The number of rotatable bonds is 4. The maximum atomic E-state index is 13.6. The molecular weight excluding hydrogens is 291 g/mol. The van der Waals surface area contributed by atoms with Crippen LogP contribution in [0.5, 0.6) is 0 Å². The van der Waals surface area contributed by atoms with Gasteiger partial charge in [0.05, 0.1) is 5.52 Å². The van der Waals surface area contributed by atoms with Gasteiger partial charge in [0.15, 0.2) is 0 Å². The molecule has 4 nitrogen and oxygen atoms in total. The first-order chi connectivity index (χ1) is 11.0. The summed E-state index contributed by atoms with van der Waals surface area (Å²) in [6.07, 6.45) is 0. The van der Waals surface area contributed by atoms with Crippen molar-refractivity contribution in [2.24, 2.45) is 0 Å². The summed E-state index contributed by atoms with van der Waals surface area (Å²) in [7, 11) is 2.17. The van der Waals surface area contributed by atoms with Gasteiger partial charge in [0.2, 0.25) is 0 Å². The predicted molar refractivity (Wildman–Crippen MR) is 93.5 cm³/mol. The number of benzene rings is 1. The van der Waals surface area contributed by atoms with E-state index in [1.54, 1.807) is 12.1 Å². The molecule has 1 aliphatic heterocycles. The van der Waals surface area contributed by atoms with Crippen LogP contribution < -0.4 is 5.32 Å². The number of nitrogens with one attached hydrogen (secondary N) is 1. The second kappa shape index (κ2) is 6.81. The molecular formula is C18H25FN4. The van der Waals surface area contributed by atoms with Crippen LogP contribution in [0.1, 0.15) is 12.6 Å². The highest BCUT2D eigenvalue weighted by atomic mass is 19.1. The number of anilines is 1. The third-order valence-electron chi connectivity index (χ3n) is 4.43. The van der Waals surface area contributed by atoms with Gasteiger partial charge < -0.3 is 10.2 Å². The van der Waals surface area contributed by atoms with Crippen LogP contribution in [0.3, 0.4) is 0 Å². The lowest BCUT2D eigenvalue weighted by Crippen LogP contribution is -2.47. The SMILES string of the molecule is Cc1cc(NC(C)CN2CCN(C)CC2)c2cc(F)ccc2n1. The Balaban J connectivity index is 1.74. The van der Waals surface area contributed by atoms with E-state index in [1.807, 2.05) is 13.0 Å². The summed E-state index contributed by atoms with van der Waals surface area (Å²) in [5, 5.41) is 4.40. The van der Waals surface area contributed by atoms with Crippen molar-refractivity contribution < 1.29 is 4.39 Å². The van der Waals surface area contributed by atoms with E-state index in [9.17, 15) is 4.39 Å². The van der Waals surface area contributed by atoms with Crippen LogP contribution in [-0.4, -0.2) is 60.6 Å². The lowest BCUT2D eigenvalue weighted by molar-refractivity contribution is 0.151. The lowest BCUT2D eigenvalue weighted by Gasteiger charge is -2.34. The largest absolute Gasteiger partial charge is 0.381 e. The average molecular weight is 316 g/mol. The van der Waals surface area contributed by atoms with Crippen LogP contribution in [0.15, 0.2) is 24.3 Å². The van der Waals surface area contributed by atoms with Crippen LogP contribution in [0, 0.1) is 12.7 Å². The quantitative estimate of drug-likeness (QED) is 0.940. The van der Waals surface area contributed by atoms with Crippen LogP contribution in [-0.2, 0) is 0 Å². The molecule has 1 unspecified atom stereocenters. The average Bonchev–Trinajstić information content (AvgIpc) is 2.50. The number of hydrogen-bond donors (Lipinski definition) is 1. The molecule has 1 N–H and O–H groups in total. The third kappa shape index (κ3) is 3.98. The molecule has 23 heavy (non-hydrogen) atoms. The van der Waals surface area contributed by atoms with Gasteiger partial charge >= 0.3 is 0 Å². The number of aryl methyl sites for hydroxylation is 1. The van der Waals surface area contributed by atoms with Gasteiger partial charge in [-0.1, -0.05) is 0 Å². The summed E-state index contributed by atoms with van der Waals surface area (Å²) in [5.74, 6) is -0.224. The monoisotopic (exact) mass is 316 g/mol. The van der Waals surface area contributed by atoms with Crippen LogP contribution in [0.2, 0.25) is 0 Å². The minimum absolute atomic E-state index is 0.224. The first-order valence-corrected chi connectivity index (χ1v) is 8.25. The molecule has 1 aromatic carbocycles. The Kier molecular flexibility index (Phi) is 4.78. The number of nitrogens with zero attached hydrogens (tertiary/aromatic N) is 3. The summed E-state index contributed by atoms with van der Waals surface area (Å²) in [5.41, 5.74) is 2.74. The zero-order valence-corrected chi connectivity index (χ0v) is 14.1. The molecule has 1 fully saturated rings. The van der Waals surface area contributed by atoms with Gasteiger partial charge in [-0.2, -0.15) is 0 Å². The van der Waals surface area contributed by atoms with Gasteiger partial charge in [-0.15, -0.1) is 0 Å². The van der Waals surface area contributed by atoms with E-state index in [0.717, 1.165) is 55.0 Å². The normalized spacial score (nSPS) is 18.3. The summed E-state index contributed by atoms with van der Waals surface area (Å²) in [4.78, 5) is 9.32. The fourth-order valence-corrected chi connectivity index (χ4v) is 3.18. The molecule has 0 spiro atoms. The summed E-state index contributed by atoms with van der Waals surface area (Å²) in [6.45, 7) is 9.59. The van der Waals surface area contributed by atoms with Crippen molar-refractivity contribution >= 4 is 16.6 Å². The van der Waals surface area contributed by atoms with Gasteiger partial charge in [-0.3, -0.25) is 9.88 Å². The number of halogens is 1. The van der Waals surface area contributed by atoms with Crippen molar-refractivity contribution in [2.75, 3.05) is 45.1 Å². The van der Waals surface area contributed by atoms with Gasteiger partial charge in [-0.25, -0.2) is 4.39 Å². The fourth-order valence-electron chi connectivity index (χ4n) is 3.18. The molecule has 1 aliphatic rings. The highest BCUT2D eigenvalue weighted by molar-refractivity contribution is 5.91. The molecule has 0 bridgehead atoms. The Morgan fingerprint density at radius 2 is 1.96 bits per heavy atom. The van der Waals surface area contributed by atoms with Crippen molar-refractivity contribution in [3.8, 4) is 0 Å². The molecule has 5 heteroatoms. The number of aromatic nitrogens is 1. The molecule has 3 rings (SSSR count). The Bertz CT molecular complexity index is 680. The Morgan fingerprint density at radius 3 is 2.70 bits per heavy atom. The summed E-state index contributed by atoms with van der Waals surface area (Å²) in [6, 6.07) is 7.07. The zero-order valence-electron chi connectivity index (χ0n) is 14.1. The lowest BCUT2D eigenvalue weighted by atomic mass is 10.1. The topological polar surface area (TPSA) is 31.4 Å². The molecule has 0 radical (unpaired) electrons. The molecule has 1 aromatic heterocycles. The minimum atomic E-state index is -0.224. The zero-order chi connectivity index (χ0) is 16.4. The van der Waals surface area contributed by atoms with Crippen molar-refractivity contribution in [1.29, 1.82) is 0 Å². The Morgan fingerprint density at radius 1 is 1.22 bits per heavy atom. The van der Waals surface area contributed by atoms with Crippen molar-refractivity contribution in [2.45, 2.75) is 19.9 Å². The second-order valence-corrected chi connectivity index (χ2v) is 6.62. The molecule has 0 saturated carbocycles.